The van der Waals surface area contributed by atoms with Crippen LogP contribution in [0, 0.1) is 11.3 Å². The maximum Gasteiger partial charge on any atom is 0.262 e. The Bertz CT molecular complexity index is 463. The van der Waals surface area contributed by atoms with E-state index >= 15 is 0 Å². The number of nitrogens with one attached hydrogen (secondary N) is 1. The quantitative estimate of drug-likeness (QED) is 0.822. The van der Waals surface area contributed by atoms with Crippen LogP contribution in [-0.4, -0.2) is 12.5 Å². The second kappa shape index (κ2) is 4.23. The molecule has 1 aromatic rings. The van der Waals surface area contributed by atoms with E-state index in [-0.39, 0.29) is 18.4 Å². The monoisotopic (exact) mass is 216 g/mol. The first-order valence-corrected chi connectivity index (χ1v) is 5.20. The molecular formula is C12H12N2O2. The molecule has 1 atom stereocenters. The van der Waals surface area contributed by atoms with Gasteiger partial charge >= 0.3 is 0 Å². The molecule has 0 radical (unpaired) electrons. The highest BCUT2D eigenvalue weighted by Crippen LogP contribution is 2.31. The molecule has 1 N–H and O–H groups in total. The summed E-state index contributed by atoms with van der Waals surface area (Å²) in [6.07, 6.45) is 0.754. The third-order valence-electron chi connectivity index (χ3n) is 2.60. The summed E-state index contributed by atoms with van der Waals surface area (Å²) in [5, 5.41) is 11.7. The third-order valence-corrected chi connectivity index (χ3v) is 2.60. The van der Waals surface area contributed by atoms with Gasteiger partial charge in [-0.15, -0.1) is 0 Å². The molecule has 1 aromatic carbocycles. The van der Waals surface area contributed by atoms with Crippen molar-refractivity contribution in [3.8, 4) is 11.8 Å². The summed E-state index contributed by atoms with van der Waals surface area (Å²) in [5.41, 5.74) is 1.57. The normalized spacial score (nSPS) is 15.4. The summed E-state index contributed by atoms with van der Waals surface area (Å²) in [4.78, 5) is 11.1. The van der Waals surface area contributed by atoms with E-state index < -0.39 is 0 Å². The standard InChI is InChI=1S/C12H12N2O2/c1-2-8(6-13)9-3-4-11-10(5-9)14-12(15)7-16-11/h3-5,8H,2,7H2,1H3,(H,14,15). The average Bonchev–Trinajstić information content (AvgIpc) is 2.30. The van der Waals surface area contributed by atoms with Crippen LogP contribution in [0.2, 0.25) is 0 Å². The van der Waals surface area contributed by atoms with Crippen molar-refractivity contribution in [2.24, 2.45) is 0 Å². The predicted molar refractivity (Wildman–Crippen MR) is 59.2 cm³/mol. The van der Waals surface area contributed by atoms with Gasteiger partial charge in [-0.3, -0.25) is 4.79 Å². The molecule has 1 amide bonds. The summed E-state index contributed by atoms with van der Waals surface area (Å²) >= 11 is 0. The van der Waals surface area contributed by atoms with Crippen molar-refractivity contribution in [2.45, 2.75) is 19.3 Å². The van der Waals surface area contributed by atoms with Gasteiger partial charge in [-0.2, -0.15) is 5.26 Å². The highest BCUT2D eigenvalue weighted by Gasteiger charge is 2.17. The Kier molecular flexibility index (Phi) is 2.78. The lowest BCUT2D eigenvalue weighted by atomic mass is 9.97. The molecule has 82 valence electrons. The van der Waals surface area contributed by atoms with Gasteiger partial charge in [0.15, 0.2) is 6.61 Å². The maximum atomic E-state index is 11.1. The number of ether oxygens (including phenoxy) is 1. The number of nitrogens with zero attached hydrogens (tertiary/aromatic N) is 1. The lowest BCUT2D eigenvalue weighted by Gasteiger charge is -2.19. The molecule has 1 unspecified atom stereocenters. The van der Waals surface area contributed by atoms with E-state index in [4.69, 9.17) is 10.00 Å². The lowest BCUT2D eigenvalue weighted by Crippen LogP contribution is -2.25. The fraction of sp³-hybridized carbons (Fsp3) is 0.333. The van der Waals surface area contributed by atoms with Crippen LogP contribution >= 0.6 is 0 Å². The van der Waals surface area contributed by atoms with Gasteiger partial charge in [0.2, 0.25) is 0 Å². The van der Waals surface area contributed by atoms with Crippen LogP contribution in [0.15, 0.2) is 18.2 Å². The van der Waals surface area contributed by atoms with Crippen LogP contribution in [0.25, 0.3) is 0 Å². The topological polar surface area (TPSA) is 62.1 Å². The molecule has 16 heavy (non-hydrogen) atoms. The minimum absolute atomic E-state index is 0.0573. The first-order chi connectivity index (χ1) is 7.74. The summed E-state index contributed by atoms with van der Waals surface area (Å²) in [5.74, 6) is 0.370. The van der Waals surface area contributed by atoms with Crippen molar-refractivity contribution in [1.29, 1.82) is 5.26 Å². The summed E-state index contributed by atoms with van der Waals surface area (Å²) < 4.78 is 5.24. The number of rotatable bonds is 2. The maximum absolute atomic E-state index is 11.1. The molecule has 1 aliphatic heterocycles. The van der Waals surface area contributed by atoms with E-state index in [1.54, 1.807) is 6.07 Å². The van der Waals surface area contributed by atoms with Crippen molar-refractivity contribution in [1.82, 2.24) is 0 Å². The molecule has 0 spiro atoms. The SMILES string of the molecule is CCC(C#N)c1ccc2c(c1)NC(=O)CO2. The van der Waals surface area contributed by atoms with E-state index in [0.717, 1.165) is 12.0 Å². The first kappa shape index (κ1) is 10.5. The molecule has 0 aliphatic carbocycles. The fourth-order valence-electron chi connectivity index (χ4n) is 1.72. The molecule has 1 heterocycles. The predicted octanol–water partition coefficient (Wildman–Crippen LogP) is 2.03. The zero-order valence-electron chi connectivity index (χ0n) is 8.99. The molecule has 2 rings (SSSR count). The Balaban J connectivity index is 2.35. The number of hydrogen-bond acceptors (Lipinski definition) is 3. The number of nitriles is 1. The van der Waals surface area contributed by atoms with E-state index in [0.29, 0.717) is 11.4 Å². The van der Waals surface area contributed by atoms with Gasteiger partial charge in [0.05, 0.1) is 17.7 Å². The fourth-order valence-corrected chi connectivity index (χ4v) is 1.72. The zero-order valence-corrected chi connectivity index (χ0v) is 8.99. The average molecular weight is 216 g/mol. The van der Waals surface area contributed by atoms with Crippen molar-refractivity contribution < 1.29 is 9.53 Å². The van der Waals surface area contributed by atoms with Gasteiger partial charge in [-0.05, 0) is 24.1 Å². The number of anilines is 1. The van der Waals surface area contributed by atoms with Crippen LogP contribution in [-0.2, 0) is 4.79 Å². The molecule has 4 nitrogen and oxygen atoms in total. The van der Waals surface area contributed by atoms with Crippen LogP contribution in [0.3, 0.4) is 0 Å². The molecule has 0 bridgehead atoms. The molecule has 0 saturated carbocycles. The van der Waals surface area contributed by atoms with Gasteiger partial charge in [-0.1, -0.05) is 13.0 Å². The largest absolute Gasteiger partial charge is 0.482 e. The Hall–Kier alpha value is -2.02. The summed E-state index contributed by atoms with van der Waals surface area (Å²) in [6.45, 7) is 2.02. The van der Waals surface area contributed by atoms with E-state index in [2.05, 4.69) is 11.4 Å². The second-order valence-electron chi connectivity index (χ2n) is 3.68. The van der Waals surface area contributed by atoms with E-state index in [1.807, 2.05) is 19.1 Å². The molecule has 1 aliphatic rings. The van der Waals surface area contributed by atoms with Gasteiger partial charge < -0.3 is 10.1 Å². The van der Waals surface area contributed by atoms with Gasteiger partial charge in [0.1, 0.15) is 5.75 Å². The zero-order chi connectivity index (χ0) is 11.5. The molecule has 4 heteroatoms. The number of carbonyl (C=O) groups excluding carboxylic acids is 1. The van der Waals surface area contributed by atoms with Crippen molar-refractivity contribution >= 4 is 11.6 Å². The minimum atomic E-state index is -0.158. The number of fused-ring (bicyclic) bond motifs is 1. The lowest BCUT2D eigenvalue weighted by molar-refractivity contribution is -0.118. The summed E-state index contributed by atoms with van der Waals surface area (Å²) in [7, 11) is 0. The van der Waals surface area contributed by atoms with Gasteiger partial charge in [-0.25, -0.2) is 0 Å². The minimum Gasteiger partial charge on any atom is -0.482 e. The molecule has 0 aromatic heterocycles. The number of carbonyl (C=O) groups is 1. The van der Waals surface area contributed by atoms with Crippen LogP contribution in [0.4, 0.5) is 5.69 Å². The van der Waals surface area contributed by atoms with Crippen molar-refractivity contribution in [2.75, 3.05) is 11.9 Å². The Morgan fingerprint density at radius 2 is 2.44 bits per heavy atom. The number of amides is 1. The highest BCUT2D eigenvalue weighted by molar-refractivity contribution is 5.95. The Labute approximate surface area is 93.8 Å². The first-order valence-electron chi connectivity index (χ1n) is 5.20. The van der Waals surface area contributed by atoms with E-state index in [9.17, 15) is 4.79 Å². The second-order valence-corrected chi connectivity index (χ2v) is 3.68. The van der Waals surface area contributed by atoms with Gasteiger partial charge in [0.25, 0.3) is 5.91 Å². The van der Waals surface area contributed by atoms with Crippen molar-refractivity contribution in [3.63, 3.8) is 0 Å². The van der Waals surface area contributed by atoms with Crippen molar-refractivity contribution in [3.05, 3.63) is 23.8 Å². The Morgan fingerprint density at radius 3 is 3.12 bits per heavy atom. The highest BCUT2D eigenvalue weighted by atomic mass is 16.5. The number of hydrogen-bond donors (Lipinski definition) is 1. The van der Waals surface area contributed by atoms with Crippen LogP contribution < -0.4 is 10.1 Å². The number of benzene rings is 1. The van der Waals surface area contributed by atoms with Gasteiger partial charge in [0, 0.05) is 0 Å². The summed E-state index contributed by atoms with van der Waals surface area (Å²) in [6, 6.07) is 7.71. The van der Waals surface area contributed by atoms with Crippen LogP contribution in [0.5, 0.6) is 5.75 Å². The van der Waals surface area contributed by atoms with Crippen LogP contribution in [0.1, 0.15) is 24.8 Å². The molecule has 0 fully saturated rings. The van der Waals surface area contributed by atoms with E-state index in [1.165, 1.54) is 0 Å². The molecular weight excluding hydrogens is 204 g/mol. The Morgan fingerprint density at radius 1 is 1.62 bits per heavy atom. The smallest absolute Gasteiger partial charge is 0.262 e. The molecule has 0 saturated heterocycles. The third kappa shape index (κ3) is 1.84.